The van der Waals surface area contributed by atoms with Crippen molar-refractivity contribution in [2.45, 2.75) is 24.8 Å². The van der Waals surface area contributed by atoms with Crippen molar-refractivity contribution in [1.29, 1.82) is 0 Å². The number of carbonyl (C=O) groups is 1. The largest absolute Gasteiger partial charge is 0.343 e. The molecular formula is C13H13FN2OS2. The Labute approximate surface area is 120 Å². The molecule has 0 bridgehead atoms. The lowest BCUT2D eigenvalue weighted by Crippen LogP contribution is -2.27. The Kier molecular flexibility index (Phi) is 4.21. The van der Waals surface area contributed by atoms with E-state index in [1.54, 1.807) is 6.20 Å². The Morgan fingerprint density at radius 3 is 2.89 bits per heavy atom. The molecular weight excluding hydrogens is 283 g/mol. The Morgan fingerprint density at radius 1 is 1.53 bits per heavy atom. The molecule has 1 N–H and O–H groups in total. The van der Waals surface area contributed by atoms with Crippen molar-refractivity contribution >= 4 is 29.9 Å². The van der Waals surface area contributed by atoms with Crippen LogP contribution >= 0.6 is 24.0 Å². The van der Waals surface area contributed by atoms with Crippen molar-refractivity contribution in [1.82, 2.24) is 10.3 Å². The number of nitrogens with zero attached hydrogens (tertiary/aromatic N) is 1. The summed E-state index contributed by atoms with van der Waals surface area (Å²) < 4.78 is 13.6. The molecule has 6 heteroatoms. The fraction of sp³-hybridized carbons (Fsp3) is 0.231. The highest BCUT2D eigenvalue weighted by Gasteiger charge is 2.17. The maximum atomic E-state index is 13.6. The van der Waals surface area contributed by atoms with E-state index in [1.807, 2.05) is 13.8 Å². The number of thiol groups is 1. The van der Waals surface area contributed by atoms with Gasteiger partial charge in [-0.25, -0.2) is 9.37 Å². The second-order valence-corrected chi connectivity index (χ2v) is 5.95. The molecule has 0 aliphatic carbocycles. The predicted molar refractivity (Wildman–Crippen MR) is 76.4 cm³/mol. The highest BCUT2D eigenvalue weighted by atomic mass is 32.1. The summed E-state index contributed by atoms with van der Waals surface area (Å²) in [5, 5.41) is 3.53. The number of aryl methyl sites for hydroxylation is 1. The molecule has 1 aromatic heterocycles. The summed E-state index contributed by atoms with van der Waals surface area (Å²) in [6, 6.07) is 3.89. The number of halogens is 1. The number of benzene rings is 1. The Bertz CT molecular complexity index is 612. The van der Waals surface area contributed by atoms with Crippen molar-refractivity contribution in [2.24, 2.45) is 0 Å². The van der Waals surface area contributed by atoms with E-state index in [-0.39, 0.29) is 11.6 Å². The van der Waals surface area contributed by atoms with E-state index in [1.165, 1.54) is 29.5 Å². The molecule has 0 spiro atoms. The third kappa shape index (κ3) is 3.33. The van der Waals surface area contributed by atoms with Crippen molar-refractivity contribution in [3.05, 3.63) is 45.7 Å². The first-order valence-corrected chi connectivity index (χ1v) is 6.95. The minimum atomic E-state index is -0.558. The molecule has 0 aliphatic heterocycles. The third-order valence-electron chi connectivity index (χ3n) is 2.55. The average molecular weight is 296 g/mol. The van der Waals surface area contributed by atoms with Crippen molar-refractivity contribution in [3.8, 4) is 0 Å². The van der Waals surface area contributed by atoms with Gasteiger partial charge in [0.25, 0.3) is 5.91 Å². The number of hydrogen-bond donors (Lipinski definition) is 2. The van der Waals surface area contributed by atoms with Gasteiger partial charge in [0.2, 0.25) is 0 Å². The third-order valence-corrected chi connectivity index (χ3v) is 3.93. The highest BCUT2D eigenvalue weighted by molar-refractivity contribution is 7.80. The van der Waals surface area contributed by atoms with Crippen molar-refractivity contribution in [3.63, 3.8) is 0 Å². The van der Waals surface area contributed by atoms with E-state index in [9.17, 15) is 9.18 Å². The highest BCUT2D eigenvalue weighted by Crippen LogP contribution is 2.20. The number of hydrogen-bond acceptors (Lipinski definition) is 4. The smallest absolute Gasteiger partial charge is 0.254 e. The zero-order valence-electron chi connectivity index (χ0n) is 10.5. The van der Waals surface area contributed by atoms with Crippen LogP contribution in [0.2, 0.25) is 0 Å². The van der Waals surface area contributed by atoms with E-state index in [2.05, 4.69) is 22.9 Å². The van der Waals surface area contributed by atoms with Crippen LogP contribution in [0.15, 0.2) is 29.3 Å². The molecule has 0 saturated carbocycles. The predicted octanol–water partition coefficient (Wildman–Crippen LogP) is 3.37. The van der Waals surface area contributed by atoms with E-state index in [4.69, 9.17) is 0 Å². The van der Waals surface area contributed by atoms with Gasteiger partial charge in [0.15, 0.2) is 0 Å². The van der Waals surface area contributed by atoms with Gasteiger partial charge in [-0.05, 0) is 32.0 Å². The minimum absolute atomic E-state index is 0.00683. The van der Waals surface area contributed by atoms with Gasteiger partial charge in [-0.3, -0.25) is 4.79 Å². The molecule has 0 radical (unpaired) electrons. The molecule has 2 rings (SSSR count). The molecule has 3 nitrogen and oxygen atoms in total. The van der Waals surface area contributed by atoms with Crippen LogP contribution in [0.25, 0.3) is 0 Å². The monoisotopic (exact) mass is 296 g/mol. The lowest BCUT2D eigenvalue weighted by atomic mass is 10.2. The Hall–Kier alpha value is -1.40. The number of thiazole rings is 1. The molecule has 1 aromatic carbocycles. The summed E-state index contributed by atoms with van der Waals surface area (Å²) >= 11 is 5.61. The Morgan fingerprint density at radius 2 is 2.26 bits per heavy atom. The van der Waals surface area contributed by atoms with Gasteiger partial charge in [0.1, 0.15) is 10.8 Å². The summed E-state index contributed by atoms with van der Waals surface area (Å²) in [5.41, 5.74) is -0.00683. The standard InChI is InChI=1S/C13H13FN2OS2/c1-7-6-15-13(19-7)8(2)16-12(17)10-5-9(18)3-4-11(10)14/h3-6,8,18H,1-2H3,(H,16,17). The first-order valence-electron chi connectivity index (χ1n) is 5.69. The number of carbonyl (C=O) groups excluding carboxylic acids is 1. The van der Waals surface area contributed by atoms with Crippen LogP contribution in [0.4, 0.5) is 4.39 Å². The van der Waals surface area contributed by atoms with Gasteiger partial charge in [-0.15, -0.1) is 24.0 Å². The molecule has 1 atom stereocenters. The van der Waals surface area contributed by atoms with Gasteiger partial charge in [-0.2, -0.15) is 0 Å². The minimum Gasteiger partial charge on any atom is -0.343 e. The maximum absolute atomic E-state index is 13.6. The van der Waals surface area contributed by atoms with Gasteiger partial charge in [0.05, 0.1) is 11.6 Å². The van der Waals surface area contributed by atoms with Gasteiger partial charge < -0.3 is 5.32 Å². The van der Waals surface area contributed by atoms with E-state index in [0.717, 1.165) is 9.88 Å². The SMILES string of the molecule is Cc1cnc(C(C)NC(=O)c2cc(S)ccc2F)s1. The first-order chi connectivity index (χ1) is 8.97. The molecule has 0 fully saturated rings. The molecule has 0 saturated heterocycles. The number of aromatic nitrogens is 1. The summed E-state index contributed by atoms with van der Waals surface area (Å²) in [5.74, 6) is -1.02. The quantitative estimate of drug-likeness (QED) is 0.853. The number of rotatable bonds is 3. The first kappa shape index (κ1) is 14.0. The van der Waals surface area contributed by atoms with Crippen LogP contribution in [0.3, 0.4) is 0 Å². The molecule has 1 amide bonds. The lowest BCUT2D eigenvalue weighted by Gasteiger charge is -2.12. The summed E-state index contributed by atoms with van der Waals surface area (Å²) in [6.45, 7) is 3.76. The molecule has 100 valence electrons. The summed E-state index contributed by atoms with van der Waals surface area (Å²) in [4.78, 5) is 17.8. The van der Waals surface area contributed by atoms with Gasteiger partial charge in [0, 0.05) is 16.0 Å². The van der Waals surface area contributed by atoms with Gasteiger partial charge >= 0.3 is 0 Å². The molecule has 2 aromatic rings. The fourth-order valence-electron chi connectivity index (χ4n) is 1.60. The van der Waals surface area contributed by atoms with Crippen molar-refractivity contribution < 1.29 is 9.18 Å². The number of amides is 1. The van der Waals surface area contributed by atoms with Crippen LogP contribution in [0.5, 0.6) is 0 Å². The fourth-order valence-corrected chi connectivity index (χ4v) is 2.58. The van der Waals surface area contributed by atoms with Crippen LogP contribution < -0.4 is 5.32 Å². The topological polar surface area (TPSA) is 42.0 Å². The van der Waals surface area contributed by atoms with Crippen LogP contribution in [-0.2, 0) is 0 Å². The Balaban J connectivity index is 2.15. The zero-order valence-corrected chi connectivity index (χ0v) is 12.2. The second kappa shape index (κ2) is 5.71. The van der Waals surface area contributed by atoms with Crippen molar-refractivity contribution in [2.75, 3.05) is 0 Å². The van der Waals surface area contributed by atoms with Gasteiger partial charge in [-0.1, -0.05) is 0 Å². The molecule has 1 heterocycles. The normalized spacial score (nSPS) is 12.2. The van der Waals surface area contributed by atoms with E-state index < -0.39 is 11.7 Å². The summed E-state index contributed by atoms with van der Waals surface area (Å²) in [7, 11) is 0. The van der Waals surface area contributed by atoms with Crippen LogP contribution in [0, 0.1) is 12.7 Å². The maximum Gasteiger partial charge on any atom is 0.254 e. The summed E-state index contributed by atoms with van der Waals surface area (Å²) in [6.07, 6.45) is 1.75. The molecule has 0 aliphatic rings. The lowest BCUT2D eigenvalue weighted by molar-refractivity contribution is 0.0935. The second-order valence-electron chi connectivity index (χ2n) is 4.17. The van der Waals surface area contributed by atoms with Crippen LogP contribution in [0.1, 0.15) is 33.2 Å². The zero-order chi connectivity index (χ0) is 14.0. The van der Waals surface area contributed by atoms with E-state index >= 15 is 0 Å². The molecule has 19 heavy (non-hydrogen) atoms. The average Bonchev–Trinajstić information content (AvgIpc) is 2.79. The number of nitrogens with one attached hydrogen (secondary N) is 1. The van der Waals surface area contributed by atoms with E-state index in [0.29, 0.717) is 4.90 Å². The molecule has 1 unspecified atom stereocenters. The van der Waals surface area contributed by atoms with Crippen LogP contribution in [-0.4, -0.2) is 10.9 Å².